The third-order valence-corrected chi connectivity index (χ3v) is 6.12. The van der Waals surface area contributed by atoms with Crippen molar-refractivity contribution in [1.82, 2.24) is 10.2 Å². The van der Waals surface area contributed by atoms with Crippen LogP contribution in [0.5, 0.6) is 0 Å². The third kappa shape index (κ3) is 5.15. The first-order valence-electron chi connectivity index (χ1n) is 11.0. The number of nitrogens with zero attached hydrogens (tertiary/aromatic N) is 2. The SMILES string of the molecule is C=C(C)CC1CCC(c2ccc(-c3ccc(Nc4cccc(C)c4)nn3)cc2)CC1. The maximum absolute atomic E-state index is 4.43. The van der Waals surface area contributed by atoms with Gasteiger partial charge in [0.1, 0.15) is 0 Å². The lowest BCUT2D eigenvalue weighted by Crippen LogP contribution is -2.13. The molecule has 3 nitrogen and oxygen atoms in total. The van der Waals surface area contributed by atoms with Crippen LogP contribution >= 0.6 is 0 Å². The highest BCUT2D eigenvalue weighted by molar-refractivity contribution is 5.62. The Morgan fingerprint density at radius 3 is 2.37 bits per heavy atom. The Labute approximate surface area is 180 Å². The molecule has 1 N–H and O–H groups in total. The molecule has 1 fully saturated rings. The maximum Gasteiger partial charge on any atom is 0.153 e. The van der Waals surface area contributed by atoms with Crippen molar-refractivity contribution in [3.05, 3.63) is 83.9 Å². The monoisotopic (exact) mass is 397 g/mol. The van der Waals surface area contributed by atoms with Crippen LogP contribution in [0.4, 0.5) is 11.5 Å². The van der Waals surface area contributed by atoms with Gasteiger partial charge in [-0.15, -0.1) is 16.8 Å². The number of nitrogens with one attached hydrogen (secondary N) is 1. The topological polar surface area (TPSA) is 37.8 Å². The lowest BCUT2D eigenvalue weighted by atomic mass is 9.77. The van der Waals surface area contributed by atoms with E-state index in [0.29, 0.717) is 5.92 Å². The zero-order valence-electron chi connectivity index (χ0n) is 18.1. The van der Waals surface area contributed by atoms with Crippen LogP contribution < -0.4 is 5.32 Å². The fourth-order valence-corrected chi connectivity index (χ4v) is 4.54. The van der Waals surface area contributed by atoms with Crippen molar-refractivity contribution in [1.29, 1.82) is 0 Å². The molecule has 1 heterocycles. The predicted octanol–water partition coefficient (Wildman–Crippen LogP) is 7.44. The van der Waals surface area contributed by atoms with Gasteiger partial charge in [-0.3, -0.25) is 0 Å². The van der Waals surface area contributed by atoms with Crippen molar-refractivity contribution >= 4 is 11.5 Å². The van der Waals surface area contributed by atoms with Gasteiger partial charge in [0, 0.05) is 11.3 Å². The summed E-state index contributed by atoms with van der Waals surface area (Å²) in [5, 5.41) is 12.1. The molecule has 1 saturated carbocycles. The molecule has 2 aromatic carbocycles. The molecule has 0 saturated heterocycles. The van der Waals surface area contributed by atoms with Gasteiger partial charge >= 0.3 is 0 Å². The summed E-state index contributed by atoms with van der Waals surface area (Å²) in [5.41, 5.74) is 7.04. The predicted molar refractivity (Wildman–Crippen MR) is 126 cm³/mol. The van der Waals surface area contributed by atoms with Crippen LogP contribution in [0.25, 0.3) is 11.3 Å². The number of hydrogen-bond donors (Lipinski definition) is 1. The van der Waals surface area contributed by atoms with E-state index >= 15 is 0 Å². The Balaban J connectivity index is 1.37. The fraction of sp³-hybridized carbons (Fsp3) is 0.333. The van der Waals surface area contributed by atoms with Gasteiger partial charge in [0.05, 0.1) is 5.69 Å². The normalized spacial score (nSPS) is 18.7. The van der Waals surface area contributed by atoms with Crippen LogP contribution in [-0.2, 0) is 0 Å². The third-order valence-electron chi connectivity index (χ3n) is 6.12. The molecular formula is C27H31N3. The van der Waals surface area contributed by atoms with E-state index in [2.05, 4.69) is 72.3 Å². The molecule has 0 radical (unpaired) electrons. The van der Waals surface area contributed by atoms with E-state index < -0.39 is 0 Å². The molecule has 0 unspecified atom stereocenters. The summed E-state index contributed by atoms with van der Waals surface area (Å²) >= 11 is 0. The molecule has 30 heavy (non-hydrogen) atoms. The molecule has 4 rings (SSSR count). The van der Waals surface area contributed by atoms with Crippen LogP contribution in [0.15, 0.2) is 72.8 Å². The number of hydrogen-bond acceptors (Lipinski definition) is 3. The maximum atomic E-state index is 4.43. The van der Waals surface area contributed by atoms with E-state index in [1.54, 1.807) is 0 Å². The second kappa shape index (κ2) is 9.25. The Hall–Kier alpha value is -2.94. The van der Waals surface area contributed by atoms with Gasteiger partial charge < -0.3 is 5.32 Å². The van der Waals surface area contributed by atoms with Gasteiger partial charge in [-0.2, -0.15) is 0 Å². The van der Waals surface area contributed by atoms with E-state index in [1.807, 2.05) is 24.3 Å². The summed E-state index contributed by atoms with van der Waals surface area (Å²) in [6, 6.07) is 21.2. The number of benzene rings is 2. The quantitative estimate of drug-likeness (QED) is 0.439. The molecule has 1 aliphatic rings. The van der Waals surface area contributed by atoms with Gasteiger partial charge in [-0.25, -0.2) is 0 Å². The smallest absolute Gasteiger partial charge is 0.153 e. The molecule has 154 valence electrons. The molecule has 0 bridgehead atoms. The lowest BCUT2D eigenvalue weighted by molar-refractivity contribution is 0.324. The number of anilines is 2. The molecule has 0 aliphatic heterocycles. The van der Waals surface area contributed by atoms with Gasteiger partial charge in [-0.05, 0) is 93.2 Å². The molecule has 1 aromatic heterocycles. The molecule has 0 amide bonds. The van der Waals surface area contributed by atoms with Gasteiger partial charge in [0.2, 0.25) is 0 Å². The van der Waals surface area contributed by atoms with Gasteiger partial charge in [0.25, 0.3) is 0 Å². The molecule has 1 aliphatic carbocycles. The summed E-state index contributed by atoms with van der Waals surface area (Å²) in [6.45, 7) is 8.31. The summed E-state index contributed by atoms with van der Waals surface area (Å²) in [7, 11) is 0. The largest absolute Gasteiger partial charge is 0.339 e. The molecule has 0 spiro atoms. The van der Waals surface area contributed by atoms with Crippen LogP contribution in [0.3, 0.4) is 0 Å². The molecule has 3 heteroatoms. The molecule has 3 aromatic rings. The van der Waals surface area contributed by atoms with E-state index in [4.69, 9.17) is 0 Å². The zero-order valence-corrected chi connectivity index (χ0v) is 18.1. The van der Waals surface area contributed by atoms with Crippen LogP contribution in [0.2, 0.25) is 0 Å². The number of allylic oxidation sites excluding steroid dienone is 1. The Kier molecular flexibility index (Phi) is 6.27. The summed E-state index contributed by atoms with van der Waals surface area (Å²) in [6.07, 6.45) is 6.41. The standard InChI is InChI=1S/C27H31N3/c1-19(2)17-21-7-9-22(10-8-21)23-11-13-24(14-12-23)26-15-16-27(30-29-26)28-25-6-4-5-20(3)18-25/h4-6,11-16,18,21-22H,1,7-10,17H2,2-3H3,(H,28,30). The second-order valence-electron chi connectivity index (χ2n) is 8.80. The summed E-state index contributed by atoms with van der Waals surface area (Å²) < 4.78 is 0. The van der Waals surface area contributed by atoms with Crippen molar-refractivity contribution in [2.24, 2.45) is 5.92 Å². The fourth-order valence-electron chi connectivity index (χ4n) is 4.54. The van der Waals surface area contributed by atoms with Crippen LogP contribution in [-0.4, -0.2) is 10.2 Å². The van der Waals surface area contributed by atoms with Gasteiger partial charge in [-0.1, -0.05) is 42.0 Å². The van der Waals surface area contributed by atoms with Crippen molar-refractivity contribution in [3.8, 4) is 11.3 Å². The zero-order chi connectivity index (χ0) is 20.9. The lowest BCUT2D eigenvalue weighted by Gasteiger charge is -2.29. The summed E-state index contributed by atoms with van der Waals surface area (Å²) in [4.78, 5) is 0. The number of rotatable bonds is 6. The Morgan fingerprint density at radius 1 is 0.967 bits per heavy atom. The van der Waals surface area contributed by atoms with E-state index in [-0.39, 0.29) is 0 Å². The van der Waals surface area contributed by atoms with E-state index in [1.165, 1.54) is 48.8 Å². The minimum Gasteiger partial charge on any atom is -0.339 e. The average Bonchev–Trinajstić information content (AvgIpc) is 2.75. The van der Waals surface area contributed by atoms with E-state index in [0.717, 1.165) is 28.7 Å². The van der Waals surface area contributed by atoms with Gasteiger partial charge in [0.15, 0.2) is 5.82 Å². The first kappa shape index (κ1) is 20.3. The second-order valence-corrected chi connectivity index (χ2v) is 8.80. The van der Waals surface area contributed by atoms with Crippen molar-refractivity contribution in [2.75, 3.05) is 5.32 Å². The Bertz CT molecular complexity index is 981. The van der Waals surface area contributed by atoms with Crippen molar-refractivity contribution < 1.29 is 0 Å². The molecular weight excluding hydrogens is 366 g/mol. The Morgan fingerprint density at radius 2 is 1.73 bits per heavy atom. The highest BCUT2D eigenvalue weighted by Crippen LogP contribution is 2.38. The first-order valence-corrected chi connectivity index (χ1v) is 11.0. The van der Waals surface area contributed by atoms with Crippen LogP contribution in [0.1, 0.15) is 56.1 Å². The minimum atomic E-state index is 0.687. The first-order chi connectivity index (χ1) is 14.6. The highest BCUT2D eigenvalue weighted by Gasteiger charge is 2.22. The van der Waals surface area contributed by atoms with Crippen molar-refractivity contribution in [3.63, 3.8) is 0 Å². The van der Waals surface area contributed by atoms with E-state index in [9.17, 15) is 0 Å². The minimum absolute atomic E-state index is 0.687. The highest BCUT2D eigenvalue weighted by atomic mass is 15.2. The molecule has 0 atom stereocenters. The van der Waals surface area contributed by atoms with Crippen molar-refractivity contribution in [2.45, 2.75) is 51.9 Å². The number of aromatic nitrogens is 2. The summed E-state index contributed by atoms with van der Waals surface area (Å²) in [5.74, 6) is 2.28. The number of aryl methyl sites for hydroxylation is 1. The van der Waals surface area contributed by atoms with Crippen LogP contribution in [0, 0.1) is 12.8 Å². The average molecular weight is 398 g/mol.